The summed E-state index contributed by atoms with van der Waals surface area (Å²) >= 11 is 0. The molecule has 0 saturated carbocycles. The van der Waals surface area contributed by atoms with Gasteiger partial charge in [-0.2, -0.15) is 4.76 Å². The SMILES string of the molecule is CCOP1(=O)N=C(c2c(O)c(C(C)(C)C)n(CCC(C)(C)C)c2O)Nc2ccc(NS(C)(=O)=O)cc21. The van der Waals surface area contributed by atoms with Crippen molar-refractivity contribution in [3.05, 3.63) is 29.5 Å². The number of sulfonamides is 1. The van der Waals surface area contributed by atoms with Crippen LogP contribution in [0.4, 0.5) is 11.4 Å². The molecule has 4 N–H and O–H groups in total. The van der Waals surface area contributed by atoms with Gasteiger partial charge in [0.05, 0.1) is 29.5 Å². The van der Waals surface area contributed by atoms with Gasteiger partial charge in [0.25, 0.3) is 0 Å². The van der Waals surface area contributed by atoms with Gasteiger partial charge in [-0.3, -0.25) is 9.29 Å². The monoisotopic (exact) mass is 540 g/mol. The molecule has 0 amide bonds. The molecule has 0 aliphatic carbocycles. The zero-order chi connectivity index (χ0) is 27.3. The fourth-order valence-corrected chi connectivity index (χ4v) is 6.47. The van der Waals surface area contributed by atoms with Gasteiger partial charge >= 0.3 is 7.52 Å². The Bertz CT molecular complexity index is 1350. The fourth-order valence-electron chi connectivity index (χ4n) is 4.11. The summed E-state index contributed by atoms with van der Waals surface area (Å²) < 4.78 is 51.3. The van der Waals surface area contributed by atoms with E-state index in [4.69, 9.17) is 4.52 Å². The van der Waals surface area contributed by atoms with E-state index in [0.29, 0.717) is 17.9 Å². The average Bonchev–Trinajstić information content (AvgIpc) is 2.95. The molecule has 2 heterocycles. The molecule has 0 saturated heterocycles. The Morgan fingerprint density at radius 1 is 1.17 bits per heavy atom. The van der Waals surface area contributed by atoms with Crippen LogP contribution in [0.1, 0.15) is 66.1 Å². The number of hydrogen-bond donors (Lipinski definition) is 4. The Morgan fingerprint density at radius 2 is 1.81 bits per heavy atom. The molecule has 1 aromatic heterocycles. The summed E-state index contributed by atoms with van der Waals surface area (Å²) in [5.74, 6) is -0.324. The second-order valence-electron chi connectivity index (χ2n) is 11.2. The van der Waals surface area contributed by atoms with E-state index in [1.54, 1.807) is 17.6 Å². The van der Waals surface area contributed by atoms with E-state index in [1.807, 2.05) is 20.8 Å². The molecule has 200 valence electrons. The first kappa shape index (κ1) is 28.1. The van der Waals surface area contributed by atoms with Gasteiger partial charge in [-0.15, -0.1) is 0 Å². The molecule has 1 unspecified atom stereocenters. The van der Waals surface area contributed by atoms with Crippen LogP contribution in [0.2, 0.25) is 0 Å². The summed E-state index contributed by atoms with van der Waals surface area (Å²) in [4.78, 5) is 0. The van der Waals surface area contributed by atoms with Gasteiger partial charge in [0, 0.05) is 17.6 Å². The highest BCUT2D eigenvalue weighted by molar-refractivity contribution is 7.92. The molecule has 1 aromatic carbocycles. The summed E-state index contributed by atoms with van der Waals surface area (Å²) in [6.45, 7) is 14.3. The average molecular weight is 541 g/mol. The third kappa shape index (κ3) is 5.90. The molecule has 0 bridgehead atoms. The second-order valence-corrected chi connectivity index (χ2v) is 15.0. The molecule has 1 atom stereocenters. The first-order valence-corrected chi connectivity index (χ1v) is 15.2. The molecule has 3 rings (SSSR count). The van der Waals surface area contributed by atoms with E-state index < -0.39 is 23.0 Å². The number of benzene rings is 1. The number of fused-ring (bicyclic) bond motifs is 1. The first-order valence-electron chi connectivity index (χ1n) is 11.8. The molecule has 0 radical (unpaired) electrons. The number of hydrogen-bond acceptors (Lipinski definition) is 7. The predicted octanol–water partition coefficient (Wildman–Crippen LogP) is 4.73. The van der Waals surface area contributed by atoms with Gasteiger partial charge in [-0.25, -0.2) is 8.42 Å². The van der Waals surface area contributed by atoms with Crippen molar-refractivity contribution in [2.24, 2.45) is 10.2 Å². The van der Waals surface area contributed by atoms with Crippen molar-refractivity contribution in [3.63, 3.8) is 0 Å². The number of nitrogens with zero attached hydrogens (tertiary/aromatic N) is 2. The van der Waals surface area contributed by atoms with Gasteiger partial charge in [-0.05, 0) is 37.0 Å². The van der Waals surface area contributed by atoms with Crippen molar-refractivity contribution in [2.75, 3.05) is 22.9 Å². The lowest BCUT2D eigenvalue weighted by molar-refractivity contribution is 0.319. The van der Waals surface area contributed by atoms with Gasteiger partial charge in [0.2, 0.25) is 15.9 Å². The van der Waals surface area contributed by atoms with Crippen molar-refractivity contribution in [3.8, 4) is 11.6 Å². The van der Waals surface area contributed by atoms with Crippen LogP contribution in [-0.2, 0) is 31.1 Å². The Balaban J connectivity index is 2.19. The van der Waals surface area contributed by atoms with E-state index in [0.717, 1.165) is 12.7 Å². The maximum Gasteiger partial charge on any atom is 0.348 e. The van der Waals surface area contributed by atoms with Crippen molar-refractivity contribution in [1.82, 2.24) is 4.57 Å². The lowest BCUT2D eigenvalue weighted by atomic mass is 9.89. The predicted molar refractivity (Wildman–Crippen MR) is 144 cm³/mol. The summed E-state index contributed by atoms with van der Waals surface area (Å²) in [7, 11) is -7.44. The Morgan fingerprint density at radius 3 is 2.33 bits per heavy atom. The third-order valence-corrected chi connectivity index (χ3v) is 8.29. The molecule has 36 heavy (non-hydrogen) atoms. The van der Waals surface area contributed by atoms with Crippen LogP contribution in [-0.4, -0.2) is 41.9 Å². The number of anilines is 2. The van der Waals surface area contributed by atoms with Gasteiger partial charge in [0.1, 0.15) is 5.56 Å². The molecular formula is C24H37N4O6PS. The highest BCUT2D eigenvalue weighted by Gasteiger charge is 2.39. The van der Waals surface area contributed by atoms with Crippen molar-refractivity contribution < 1.29 is 27.7 Å². The number of rotatable bonds is 7. The van der Waals surface area contributed by atoms with Crippen LogP contribution in [0.5, 0.6) is 11.6 Å². The van der Waals surface area contributed by atoms with Crippen molar-refractivity contribution in [2.45, 2.75) is 66.8 Å². The fraction of sp³-hybridized carbons (Fsp3) is 0.542. The minimum atomic E-state index is -3.89. The molecule has 2 aromatic rings. The highest BCUT2D eigenvalue weighted by atomic mass is 32.2. The quantitative estimate of drug-likeness (QED) is 0.372. The molecule has 1 aliphatic rings. The summed E-state index contributed by atoms with van der Waals surface area (Å²) in [5.41, 5.74) is 0.635. The van der Waals surface area contributed by atoms with E-state index in [2.05, 4.69) is 35.6 Å². The van der Waals surface area contributed by atoms with E-state index in [-0.39, 0.29) is 46.0 Å². The van der Waals surface area contributed by atoms with Crippen molar-refractivity contribution in [1.29, 1.82) is 0 Å². The van der Waals surface area contributed by atoms with Crippen LogP contribution in [0.3, 0.4) is 0 Å². The van der Waals surface area contributed by atoms with Gasteiger partial charge in [0.15, 0.2) is 11.6 Å². The lowest BCUT2D eigenvalue weighted by Gasteiger charge is -2.25. The van der Waals surface area contributed by atoms with Crippen LogP contribution in [0, 0.1) is 5.41 Å². The van der Waals surface area contributed by atoms with Crippen LogP contribution in [0.15, 0.2) is 23.0 Å². The molecule has 1 aliphatic heterocycles. The molecule has 0 fully saturated rings. The maximum atomic E-state index is 13.9. The summed E-state index contributed by atoms with van der Waals surface area (Å²) in [6, 6.07) is 4.48. The Kier molecular flexibility index (Phi) is 7.36. The normalized spacial score (nSPS) is 18.4. The minimum Gasteiger partial charge on any atom is -0.505 e. The topological polar surface area (TPSA) is 142 Å². The number of aromatic hydroxyl groups is 2. The summed E-state index contributed by atoms with van der Waals surface area (Å²) in [5, 5.41) is 25.9. The second kappa shape index (κ2) is 9.43. The van der Waals surface area contributed by atoms with Crippen LogP contribution >= 0.6 is 7.52 Å². The Hall–Kier alpha value is -2.49. The third-order valence-electron chi connectivity index (χ3n) is 5.64. The van der Waals surface area contributed by atoms with E-state index in [9.17, 15) is 23.2 Å². The smallest absolute Gasteiger partial charge is 0.348 e. The van der Waals surface area contributed by atoms with Gasteiger partial charge in [-0.1, -0.05) is 41.5 Å². The van der Waals surface area contributed by atoms with Crippen LogP contribution < -0.4 is 15.3 Å². The Labute approximate surface area is 213 Å². The lowest BCUT2D eigenvalue weighted by Crippen LogP contribution is -2.26. The molecular weight excluding hydrogens is 503 g/mol. The van der Waals surface area contributed by atoms with E-state index >= 15 is 0 Å². The number of nitrogens with one attached hydrogen (secondary N) is 2. The zero-order valence-corrected chi connectivity index (χ0v) is 23.8. The number of amidine groups is 1. The number of aromatic nitrogens is 1. The molecule has 10 nitrogen and oxygen atoms in total. The summed E-state index contributed by atoms with van der Waals surface area (Å²) in [6.07, 6.45) is 1.76. The van der Waals surface area contributed by atoms with E-state index in [1.165, 1.54) is 12.1 Å². The standard InChI is InChI=1S/C24H37N4O6PS/c1-9-34-35(31)17-14-15(27-36(8,32)33)10-11-16(17)25-21(26-35)18-19(29)20(24(5,6)7)28(22(18)30)13-12-23(2,3)4/h10-11,14,27,29-30H,9,12-13H2,1-8H3,(H,25,26,31). The largest absolute Gasteiger partial charge is 0.505 e. The minimum absolute atomic E-state index is 0.0103. The highest BCUT2D eigenvalue weighted by Crippen LogP contribution is 2.54. The van der Waals surface area contributed by atoms with Crippen molar-refractivity contribution >= 4 is 40.1 Å². The zero-order valence-electron chi connectivity index (χ0n) is 22.1. The van der Waals surface area contributed by atoms with Crippen LogP contribution in [0.25, 0.3) is 0 Å². The maximum absolute atomic E-state index is 13.9. The molecule has 12 heteroatoms. The molecule has 0 spiro atoms. The van der Waals surface area contributed by atoms with Gasteiger partial charge < -0.3 is 24.6 Å². The first-order chi connectivity index (χ1) is 16.4.